The van der Waals surface area contributed by atoms with E-state index in [2.05, 4.69) is 56.8 Å². The van der Waals surface area contributed by atoms with Crippen molar-refractivity contribution in [2.24, 2.45) is 0 Å². The Morgan fingerprint density at radius 2 is 1.96 bits per heavy atom. The second-order valence-electron chi connectivity index (χ2n) is 7.13. The largest absolute Gasteiger partial charge is 0.302 e. The minimum absolute atomic E-state index is 0.103. The highest BCUT2D eigenvalue weighted by Crippen LogP contribution is 2.19. The Bertz CT molecular complexity index is 923. The van der Waals surface area contributed by atoms with Crippen LogP contribution < -0.4 is 5.22 Å². The van der Waals surface area contributed by atoms with Crippen molar-refractivity contribution in [2.45, 2.75) is 32.7 Å². The molecule has 0 bridgehead atoms. The third kappa shape index (κ3) is 3.32. The Morgan fingerprint density at radius 1 is 1.21 bits per heavy atom. The molecule has 3 aromatic rings. The first-order chi connectivity index (χ1) is 11.3. The summed E-state index contributed by atoms with van der Waals surface area (Å²) in [6, 6.07) is 5.85. The Kier molecular flexibility index (Phi) is 4.40. The van der Waals surface area contributed by atoms with Gasteiger partial charge in [0.2, 0.25) is 0 Å². The maximum Gasteiger partial charge on any atom is 0.187 e. The Hall–Kier alpha value is -1.86. The molecule has 0 amide bonds. The number of fused-ring (bicyclic) bond motifs is 1. The maximum atomic E-state index is 4.81. The summed E-state index contributed by atoms with van der Waals surface area (Å²) in [4.78, 5) is 6.56. The SMILES string of the molecule is CN(C)Cc1nnc2/c(=C\c3cccc(Br)n3)c(C(C)(C)C)nn12. The van der Waals surface area contributed by atoms with Gasteiger partial charge in [-0.3, -0.25) is 0 Å². The molecule has 0 saturated carbocycles. The van der Waals surface area contributed by atoms with E-state index < -0.39 is 0 Å². The molecule has 0 saturated heterocycles. The molecule has 0 aliphatic carbocycles. The molecule has 126 valence electrons. The molecule has 0 aromatic carbocycles. The summed E-state index contributed by atoms with van der Waals surface area (Å²) >= 11 is 3.42. The van der Waals surface area contributed by atoms with Crippen molar-refractivity contribution >= 4 is 27.7 Å². The summed E-state index contributed by atoms with van der Waals surface area (Å²) in [6.45, 7) is 7.15. The quantitative estimate of drug-likeness (QED) is 0.643. The first-order valence-electron chi connectivity index (χ1n) is 7.79. The van der Waals surface area contributed by atoms with E-state index in [0.717, 1.165) is 32.7 Å². The molecule has 3 aromatic heterocycles. The van der Waals surface area contributed by atoms with Crippen molar-refractivity contribution in [1.82, 2.24) is 29.7 Å². The van der Waals surface area contributed by atoms with Crippen LogP contribution in [0.25, 0.3) is 11.7 Å². The van der Waals surface area contributed by atoms with Crippen molar-refractivity contribution in [2.75, 3.05) is 14.1 Å². The van der Waals surface area contributed by atoms with Gasteiger partial charge in [0.05, 0.1) is 17.9 Å². The van der Waals surface area contributed by atoms with Crippen LogP contribution in [0.4, 0.5) is 0 Å². The van der Waals surface area contributed by atoms with E-state index >= 15 is 0 Å². The zero-order valence-corrected chi connectivity index (χ0v) is 16.2. The zero-order chi connectivity index (χ0) is 17.5. The molecule has 3 heterocycles. The van der Waals surface area contributed by atoms with Crippen LogP contribution >= 0.6 is 15.9 Å². The van der Waals surface area contributed by atoms with Gasteiger partial charge in [0.1, 0.15) is 4.60 Å². The van der Waals surface area contributed by atoms with E-state index in [-0.39, 0.29) is 5.41 Å². The molecule has 0 unspecified atom stereocenters. The number of halogens is 1. The Balaban J connectivity index is 2.26. The molecule has 6 nitrogen and oxygen atoms in total. The van der Waals surface area contributed by atoms with Crippen LogP contribution in [-0.4, -0.2) is 43.8 Å². The van der Waals surface area contributed by atoms with E-state index in [9.17, 15) is 0 Å². The highest BCUT2D eigenvalue weighted by atomic mass is 79.9. The van der Waals surface area contributed by atoms with Crippen molar-refractivity contribution in [3.8, 4) is 0 Å². The van der Waals surface area contributed by atoms with E-state index in [4.69, 9.17) is 5.10 Å². The molecule has 0 N–H and O–H groups in total. The molecule has 0 aliphatic rings. The molecule has 0 fully saturated rings. The van der Waals surface area contributed by atoms with Crippen molar-refractivity contribution in [3.63, 3.8) is 0 Å². The standard InChI is InChI=1S/C17H21BrN6/c1-17(2,3)15-12(9-11-7-6-8-13(18)19-11)16-21-20-14(10-23(4)5)24(16)22-15/h6-9H,10H2,1-5H3/b12-9-. The number of hydrogen-bond acceptors (Lipinski definition) is 5. The van der Waals surface area contributed by atoms with Crippen LogP contribution in [0.2, 0.25) is 0 Å². The normalized spacial score (nSPS) is 13.4. The average Bonchev–Trinajstić information content (AvgIpc) is 2.99. The lowest BCUT2D eigenvalue weighted by atomic mass is 9.91. The van der Waals surface area contributed by atoms with Gasteiger partial charge in [0, 0.05) is 10.6 Å². The van der Waals surface area contributed by atoms with Gasteiger partial charge in [-0.25, -0.2) is 4.98 Å². The monoisotopic (exact) mass is 388 g/mol. The van der Waals surface area contributed by atoms with Crippen molar-refractivity contribution in [1.29, 1.82) is 0 Å². The van der Waals surface area contributed by atoms with Crippen LogP contribution in [0.1, 0.15) is 38.0 Å². The second kappa shape index (κ2) is 6.22. The van der Waals surface area contributed by atoms with Crippen LogP contribution in [-0.2, 0) is 12.0 Å². The summed E-state index contributed by atoms with van der Waals surface area (Å²) in [5.74, 6) is 0.836. The predicted octanol–water partition coefficient (Wildman–Crippen LogP) is 2.19. The molecule has 0 spiro atoms. The number of hydrogen-bond donors (Lipinski definition) is 0. The fraction of sp³-hybridized carbons (Fsp3) is 0.412. The smallest absolute Gasteiger partial charge is 0.187 e. The van der Waals surface area contributed by atoms with E-state index in [0.29, 0.717) is 6.54 Å². The molecule has 7 heteroatoms. The topological polar surface area (TPSA) is 59.2 Å². The molecule has 0 atom stereocenters. The van der Waals surface area contributed by atoms with Gasteiger partial charge >= 0.3 is 0 Å². The lowest BCUT2D eigenvalue weighted by Crippen LogP contribution is -2.22. The molecule has 24 heavy (non-hydrogen) atoms. The Labute approximate surface area is 149 Å². The van der Waals surface area contributed by atoms with E-state index in [1.807, 2.05) is 42.9 Å². The van der Waals surface area contributed by atoms with Gasteiger partial charge in [0.15, 0.2) is 11.5 Å². The number of aromatic nitrogens is 5. The predicted molar refractivity (Wildman–Crippen MR) is 97.6 cm³/mol. The number of nitrogens with zero attached hydrogens (tertiary/aromatic N) is 6. The van der Waals surface area contributed by atoms with Crippen LogP contribution in [0, 0.1) is 0 Å². The van der Waals surface area contributed by atoms with Crippen LogP contribution in [0.3, 0.4) is 0 Å². The number of rotatable bonds is 3. The van der Waals surface area contributed by atoms with Crippen LogP contribution in [0.5, 0.6) is 0 Å². The van der Waals surface area contributed by atoms with E-state index in [1.54, 1.807) is 0 Å². The fourth-order valence-corrected chi connectivity index (χ4v) is 2.92. The summed E-state index contributed by atoms with van der Waals surface area (Å²) in [5.41, 5.74) is 2.53. The molecule has 0 radical (unpaired) electrons. The summed E-state index contributed by atoms with van der Waals surface area (Å²) in [5, 5.41) is 14.5. The molecular formula is C17H21BrN6. The molecular weight excluding hydrogens is 368 g/mol. The highest BCUT2D eigenvalue weighted by Gasteiger charge is 2.23. The van der Waals surface area contributed by atoms with Gasteiger partial charge in [-0.05, 0) is 48.2 Å². The lowest BCUT2D eigenvalue weighted by molar-refractivity contribution is 0.385. The first-order valence-corrected chi connectivity index (χ1v) is 8.58. The highest BCUT2D eigenvalue weighted by molar-refractivity contribution is 9.10. The third-order valence-corrected chi connectivity index (χ3v) is 4.04. The first kappa shape index (κ1) is 17.0. The maximum absolute atomic E-state index is 4.81. The van der Waals surface area contributed by atoms with E-state index in [1.165, 1.54) is 0 Å². The van der Waals surface area contributed by atoms with Gasteiger partial charge in [-0.1, -0.05) is 26.8 Å². The Morgan fingerprint density at radius 3 is 2.58 bits per heavy atom. The van der Waals surface area contributed by atoms with Gasteiger partial charge in [0.25, 0.3) is 0 Å². The zero-order valence-electron chi connectivity index (χ0n) is 14.6. The van der Waals surface area contributed by atoms with Crippen molar-refractivity contribution < 1.29 is 0 Å². The van der Waals surface area contributed by atoms with Gasteiger partial charge in [-0.2, -0.15) is 9.61 Å². The average molecular weight is 389 g/mol. The fourth-order valence-electron chi connectivity index (χ4n) is 2.57. The third-order valence-electron chi connectivity index (χ3n) is 3.60. The molecule has 3 rings (SSSR count). The summed E-state index contributed by atoms with van der Waals surface area (Å²) < 4.78 is 2.66. The van der Waals surface area contributed by atoms with Gasteiger partial charge < -0.3 is 4.90 Å². The van der Waals surface area contributed by atoms with Gasteiger partial charge in [-0.15, -0.1) is 10.2 Å². The second-order valence-corrected chi connectivity index (χ2v) is 7.94. The van der Waals surface area contributed by atoms with Crippen LogP contribution in [0.15, 0.2) is 22.8 Å². The number of pyridine rings is 1. The minimum atomic E-state index is -0.103. The van der Waals surface area contributed by atoms with Crippen molar-refractivity contribution in [3.05, 3.63) is 45.2 Å². The minimum Gasteiger partial charge on any atom is -0.302 e. The lowest BCUT2D eigenvalue weighted by Gasteiger charge is -2.15. The summed E-state index contributed by atoms with van der Waals surface area (Å²) in [7, 11) is 4.01. The molecule has 0 aliphatic heterocycles. The summed E-state index contributed by atoms with van der Waals surface area (Å²) in [6.07, 6.45) is 2.03.